The smallest absolute Gasteiger partial charge is 0.274 e. The summed E-state index contributed by atoms with van der Waals surface area (Å²) in [6.45, 7) is 2.28. The van der Waals surface area contributed by atoms with Crippen molar-refractivity contribution in [2.24, 2.45) is 0 Å². The second kappa shape index (κ2) is 7.93. The third-order valence-corrected chi connectivity index (χ3v) is 3.85. The van der Waals surface area contributed by atoms with E-state index in [0.717, 1.165) is 5.56 Å². The van der Waals surface area contributed by atoms with Gasteiger partial charge in [0.15, 0.2) is 0 Å². The number of benzene rings is 2. The van der Waals surface area contributed by atoms with Gasteiger partial charge in [0, 0.05) is 18.3 Å². The molecule has 2 aromatic carbocycles. The van der Waals surface area contributed by atoms with Crippen LogP contribution in [0.5, 0.6) is 0 Å². The first-order chi connectivity index (χ1) is 12.5. The Balaban J connectivity index is 1.73. The lowest BCUT2D eigenvalue weighted by Crippen LogP contribution is -2.16. The van der Waals surface area contributed by atoms with E-state index >= 15 is 0 Å². The van der Waals surface area contributed by atoms with E-state index in [2.05, 4.69) is 20.6 Å². The van der Waals surface area contributed by atoms with E-state index < -0.39 is 11.7 Å². The Hall–Kier alpha value is -2.99. The molecule has 0 spiro atoms. The number of aryl methyl sites for hydroxylation is 1. The minimum atomic E-state index is -0.546. The van der Waals surface area contributed by atoms with Gasteiger partial charge in [-0.3, -0.25) is 4.79 Å². The molecule has 0 unspecified atom stereocenters. The minimum Gasteiger partial charge on any atom is -0.366 e. The van der Waals surface area contributed by atoms with Gasteiger partial charge in [-0.25, -0.2) is 14.4 Å². The highest BCUT2D eigenvalue weighted by Gasteiger charge is 2.12. The van der Waals surface area contributed by atoms with Gasteiger partial charge in [-0.2, -0.15) is 0 Å². The Morgan fingerprint density at radius 2 is 1.88 bits per heavy atom. The minimum absolute atomic E-state index is 0.0631. The first-order valence-corrected chi connectivity index (χ1v) is 8.29. The molecular formula is C19H16ClFN4O. The number of hydrogen-bond donors (Lipinski definition) is 2. The fraction of sp³-hybridized carbons (Fsp3) is 0.105. The number of rotatable bonds is 5. The molecule has 132 valence electrons. The third-order valence-electron chi connectivity index (χ3n) is 3.56. The molecule has 1 amide bonds. The largest absolute Gasteiger partial charge is 0.366 e. The SMILES string of the molecule is Cc1nc(NCc2ccccc2)cc(C(=O)Nc2ccc(F)c(Cl)c2)n1. The van der Waals surface area contributed by atoms with Gasteiger partial charge in [0.25, 0.3) is 5.91 Å². The predicted molar refractivity (Wildman–Crippen MR) is 99.9 cm³/mol. The van der Waals surface area contributed by atoms with Crippen molar-refractivity contribution in [1.82, 2.24) is 9.97 Å². The normalized spacial score (nSPS) is 10.4. The van der Waals surface area contributed by atoms with Crippen molar-refractivity contribution in [2.75, 3.05) is 10.6 Å². The maximum Gasteiger partial charge on any atom is 0.274 e. The van der Waals surface area contributed by atoms with Crippen molar-refractivity contribution in [3.05, 3.63) is 82.5 Å². The summed E-state index contributed by atoms with van der Waals surface area (Å²) in [5.41, 5.74) is 1.68. The third kappa shape index (κ3) is 4.55. The zero-order valence-electron chi connectivity index (χ0n) is 14.0. The first-order valence-electron chi connectivity index (χ1n) is 7.91. The highest BCUT2D eigenvalue weighted by molar-refractivity contribution is 6.31. The number of carbonyl (C=O) groups is 1. The number of aromatic nitrogens is 2. The highest BCUT2D eigenvalue weighted by Crippen LogP contribution is 2.20. The molecule has 3 rings (SSSR count). The van der Waals surface area contributed by atoms with Crippen molar-refractivity contribution in [2.45, 2.75) is 13.5 Å². The molecule has 0 atom stereocenters. The lowest BCUT2D eigenvalue weighted by atomic mass is 10.2. The molecule has 2 N–H and O–H groups in total. The van der Waals surface area contributed by atoms with Gasteiger partial charge in [-0.1, -0.05) is 41.9 Å². The van der Waals surface area contributed by atoms with E-state index in [1.807, 2.05) is 30.3 Å². The Morgan fingerprint density at radius 3 is 2.62 bits per heavy atom. The van der Waals surface area contributed by atoms with E-state index in [9.17, 15) is 9.18 Å². The Kier molecular flexibility index (Phi) is 5.43. The van der Waals surface area contributed by atoms with Crippen molar-refractivity contribution in [1.29, 1.82) is 0 Å². The molecule has 7 heteroatoms. The maximum atomic E-state index is 13.2. The number of anilines is 2. The van der Waals surface area contributed by atoms with E-state index in [4.69, 9.17) is 11.6 Å². The van der Waals surface area contributed by atoms with Crippen molar-refractivity contribution >= 4 is 29.0 Å². The molecule has 0 saturated carbocycles. The number of nitrogens with zero attached hydrogens (tertiary/aromatic N) is 2. The summed E-state index contributed by atoms with van der Waals surface area (Å²) in [7, 11) is 0. The van der Waals surface area contributed by atoms with Crippen LogP contribution in [-0.4, -0.2) is 15.9 Å². The number of carbonyl (C=O) groups excluding carboxylic acids is 1. The van der Waals surface area contributed by atoms with Gasteiger partial charge in [-0.15, -0.1) is 0 Å². The summed E-state index contributed by atoms with van der Waals surface area (Å²) in [6, 6.07) is 15.4. The molecule has 0 aliphatic rings. The van der Waals surface area contributed by atoms with Crippen molar-refractivity contribution < 1.29 is 9.18 Å². The van der Waals surface area contributed by atoms with Crippen LogP contribution in [0.25, 0.3) is 0 Å². The molecule has 0 fully saturated rings. The molecule has 0 aliphatic carbocycles. The average Bonchev–Trinajstić information content (AvgIpc) is 2.63. The zero-order valence-corrected chi connectivity index (χ0v) is 14.7. The molecule has 5 nitrogen and oxygen atoms in total. The van der Waals surface area contributed by atoms with Crippen LogP contribution in [0.3, 0.4) is 0 Å². The standard InChI is InChI=1S/C19H16ClFN4O/c1-12-23-17(19(26)25-14-7-8-16(21)15(20)9-14)10-18(24-12)22-11-13-5-3-2-4-6-13/h2-10H,11H2,1H3,(H,25,26)(H,22,23,24). The van der Waals surface area contributed by atoms with E-state index in [1.165, 1.54) is 18.2 Å². The van der Waals surface area contributed by atoms with E-state index in [1.54, 1.807) is 13.0 Å². The molecule has 0 radical (unpaired) electrons. The van der Waals surface area contributed by atoms with Crippen LogP contribution in [-0.2, 0) is 6.54 Å². The predicted octanol–water partition coefficient (Wildman–Crippen LogP) is 4.44. The van der Waals surface area contributed by atoms with Gasteiger partial charge in [0.2, 0.25) is 0 Å². The number of nitrogens with one attached hydrogen (secondary N) is 2. The molecule has 1 aromatic heterocycles. The summed E-state index contributed by atoms with van der Waals surface area (Å²) in [6.07, 6.45) is 0. The van der Waals surface area contributed by atoms with Gasteiger partial charge in [0.1, 0.15) is 23.2 Å². The van der Waals surface area contributed by atoms with Crippen LogP contribution >= 0.6 is 11.6 Å². The fourth-order valence-electron chi connectivity index (χ4n) is 2.33. The molecule has 3 aromatic rings. The van der Waals surface area contributed by atoms with Crippen LogP contribution in [0.4, 0.5) is 15.9 Å². The summed E-state index contributed by atoms with van der Waals surface area (Å²) < 4.78 is 13.2. The second-order valence-electron chi connectivity index (χ2n) is 5.61. The average molecular weight is 371 g/mol. The number of hydrogen-bond acceptors (Lipinski definition) is 4. The molecule has 0 saturated heterocycles. The second-order valence-corrected chi connectivity index (χ2v) is 6.02. The number of amides is 1. The maximum absolute atomic E-state index is 13.2. The molecule has 0 aliphatic heterocycles. The van der Waals surface area contributed by atoms with Gasteiger partial charge < -0.3 is 10.6 Å². The van der Waals surface area contributed by atoms with Gasteiger partial charge >= 0.3 is 0 Å². The lowest BCUT2D eigenvalue weighted by molar-refractivity contribution is 0.102. The Bertz CT molecular complexity index is 934. The molecule has 26 heavy (non-hydrogen) atoms. The monoisotopic (exact) mass is 370 g/mol. The summed E-state index contributed by atoms with van der Waals surface area (Å²) >= 11 is 5.73. The molecular weight excluding hydrogens is 355 g/mol. The van der Waals surface area contributed by atoms with Gasteiger partial charge in [0.05, 0.1) is 5.02 Å². The molecule has 1 heterocycles. The highest BCUT2D eigenvalue weighted by atomic mass is 35.5. The van der Waals surface area contributed by atoms with Crippen LogP contribution in [0, 0.1) is 12.7 Å². The van der Waals surface area contributed by atoms with Crippen LogP contribution in [0.1, 0.15) is 21.9 Å². The summed E-state index contributed by atoms with van der Waals surface area (Å²) in [4.78, 5) is 20.9. The fourth-order valence-corrected chi connectivity index (χ4v) is 2.51. The molecule has 0 bridgehead atoms. The van der Waals surface area contributed by atoms with Crippen LogP contribution in [0.2, 0.25) is 5.02 Å². The van der Waals surface area contributed by atoms with Crippen LogP contribution < -0.4 is 10.6 Å². The quantitative estimate of drug-likeness (QED) is 0.696. The van der Waals surface area contributed by atoms with E-state index in [-0.39, 0.29) is 10.7 Å². The number of halogens is 2. The van der Waals surface area contributed by atoms with Gasteiger partial charge in [-0.05, 0) is 30.7 Å². The zero-order chi connectivity index (χ0) is 18.5. The Morgan fingerprint density at radius 1 is 1.12 bits per heavy atom. The lowest BCUT2D eigenvalue weighted by Gasteiger charge is -2.09. The van der Waals surface area contributed by atoms with Crippen molar-refractivity contribution in [3.8, 4) is 0 Å². The summed E-state index contributed by atoms with van der Waals surface area (Å²) in [5, 5.41) is 5.76. The Labute approximate surface area is 155 Å². The van der Waals surface area contributed by atoms with Crippen LogP contribution in [0.15, 0.2) is 54.6 Å². The first kappa shape index (κ1) is 17.8. The van der Waals surface area contributed by atoms with E-state index in [0.29, 0.717) is 23.9 Å². The summed E-state index contributed by atoms with van der Waals surface area (Å²) in [5.74, 6) is 0.0323. The van der Waals surface area contributed by atoms with Crippen molar-refractivity contribution in [3.63, 3.8) is 0 Å². The topological polar surface area (TPSA) is 66.9 Å².